The summed E-state index contributed by atoms with van der Waals surface area (Å²) in [6.07, 6.45) is 2.22. The number of nitrogens with zero attached hydrogens (tertiary/aromatic N) is 2. The average molecular weight is 482 g/mol. The number of nitrogens with one attached hydrogen (secondary N) is 3. The van der Waals surface area contributed by atoms with Crippen LogP contribution < -0.4 is 22.1 Å². The molecule has 0 radical (unpaired) electrons. The highest BCUT2D eigenvalue weighted by Gasteiger charge is 2.38. The topological polar surface area (TPSA) is 234 Å². The van der Waals surface area contributed by atoms with Gasteiger partial charge in [-0.25, -0.2) is 9.78 Å². The van der Waals surface area contributed by atoms with Crippen molar-refractivity contribution in [3.63, 3.8) is 0 Å². The number of aliphatic hydroxyl groups excluding tert-OH is 1. The van der Waals surface area contributed by atoms with Crippen LogP contribution in [0.5, 0.6) is 0 Å². The minimum atomic E-state index is -1.62. The van der Waals surface area contributed by atoms with Crippen molar-refractivity contribution in [2.24, 2.45) is 11.5 Å². The van der Waals surface area contributed by atoms with Gasteiger partial charge in [-0.3, -0.25) is 19.2 Å². The van der Waals surface area contributed by atoms with Gasteiger partial charge in [0.15, 0.2) is 6.04 Å². The van der Waals surface area contributed by atoms with Gasteiger partial charge in [-0.1, -0.05) is 0 Å². The molecular formula is C20H31N7O7. The van der Waals surface area contributed by atoms with Gasteiger partial charge in [-0.05, 0) is 26.2 Å². The molecular weight excluding hydrogens is 450 g/mol. The van der Waals surface area contributed by atoms with E-state index in [9.17, 15) is 34.2 Å². The predicted octanol–water partition coefficient (Wildman–Crippen LogP) is -3.03. The molecule has 2 rings (SSSR count). The molecule has 5 unspecified atom stereocenters. The molecule has 0 saturated carbocycles. The molecule has 1 aliphatic rings. The fourth-order valence-electron chi connectivity index (χ4n) is 3.70. The predicted molar refractivity (Wildman–Crippen MR) is 117 cm³/mol. The number of rotatable bonds is 12. The van der Waals surface area contributed by atoms with E-state index < -0.39 is 59.9 Å². The summed E-state index contributed by atoms with van der Waals surface area (Å²) < 4.78 is 0. The van der Waals surface area contributed by atoms with Crippen molar-refractivity contribution in [3.8, 4) is 0 Å². The van der Waals surface area contributed by atoms with Gasteiger partial charge in [0, 0.05) is 31.3 Å². The number of hydrogen-bond donors (Lipinski definition) is 7. The summed E-state index contributed by atoms with van der Waals surface area (Å²) in [7, 11) is 0. The molecule has 0 aromatic carbocycles. The standard InChI is InChI=1S/C20H31N7O7/c1-10(28)16(20(33)34)26-17(30)13(4-5-15(22)29)25-18(31)14-3-2-6-27(14)19(32)12(21)7-11-8-23-9-24-11/h8-10,12-14,16,28H,2-7,21H2,1H3,(H2,22,29)(H,23,24)(H,25,31)(H,26,30)(H,33,34). The second kappa shape index (κ2) is 12.1. The van der Waals surface area contributed by atoms with E-state index in [1.54, 1.807) is 6.20 Å². The van der Waals surface area contributed by atoms with Gasteiger partial charge in [0.1, 0.15) is 12.1 Å². The Bertz CT molecular complexity index is 890. The maximum atomic E-state index is 13.0. The largest absolute Gasteiger partial charge is 0.480 e. The lowest BCUT2D eigenvalue weighted by Crippen LogP contribution is -2.58. The van der Waals surface area contributed by atoms with E-state index in [1.165, 1.54) is 18.2 Å². The highest BCUT2D eigenvalue weighted by atomic mass is 16.4. The lowest BCUT2D eigenvalue weighted by molar-refractivity contribution is -0.145. The van der Waals surface area contributed by atoms with Gasteiger partial charge in [-0.2, -0.15) is 0 Å². The number of aromatic nitrogens is 2. The van der Waals surface area contributed by atoms with Crippen LogP contribution in [0.15, 0.2) is 12.5 Å². The molecule has 188 valence electrons. The Kier molecular flexibility index (Phi) is 9.50. The zero-order valence-corrected chi connectivity index (χ0v) is 18.8. The number of aromatic amines is 1. The van der Waals surface area contributed by atoms with Crippen molar-refractivity contribution in [1.82, 2.24) is 25.5 Å². The van der Waals surface area contributed by atoms with E-state index in [2.05, 4.69) is 20.6 Å². The molecule has 1 aromatic heterocycles. The Morgan fingerprint density at radius 3 is 2.56 bits per heavy atom. The number of H-pyrrole nitrogens is 1. The number of hydrogen-bond acceptors (Lipinski definition) is 8. The molecule has 1 aliphatic heterocycles. The van der Waals surface area contributed by atoms with E-state index in [4.69, 9.17) is 11.5 Å². The second-order valence-electron chi connectivity index (χ2n) is 8.21. The molecule has 0 bridgehead atoms. The summed E-state index contributed by atoms with van der Waals surface area (Å²) in [6.45, 7) is 1.49. The summed E-state index contributed by atoms with van der Waals surface area (Å²) in [5.41, 5.74) is 11.8. The van der Waals surface area contributed by atoms with Crippen molar-refractivity contribution in [2.45, 2.75) is 69.3 Å². The van der Waals surface area contributed by atoms with Crippen LogP contribution >= 0.6 is 0 Å². The van der Waals surface area contributed by atoms with E-state index in [1.807, 2.05) is 0 Å². The monoisotopic (exact) mass is 481 g/mol. The summed E-state index contributed by atoms with van der Waals surface area (Å²) in [5.74, 6) is -4.18. The van der Waals surface area contributed by atoms with E-state index >= 15 is 0 Å². The van der Waals surface area contributed by atoms with Gasteiger partial charge in [0.2, 0.25) is 23.6 Å². The zero-order valence-electron chi connectivity index (χ0n) is 18.8. The summed E-state index contributed by atoms with van der Waals surface area (Å²) in [6, 6.07) is -4.73. The van der Waals surface area contributed by atoms with Crippen LogP contribution in [-0.2, 0) is 30.4 Å². The normalized spacial score (nSPS) is 19.0. The quantitative estimate of drug-likeness (QED) is 0.161. The summed E-state index contributed by atoms with van der Waals surface area (Å²) in [4.78, 5) is 69.1. The highest BCUT2D eigenvalue weighted by Crippen LogP contribution is 2.19. The molecule has 4 amide bonds. The number of carbonyl (C=O) groups excluding carboxylic acids is 4. The third-order valence-electron chi connectivity index (χ3n) is 5.51. The number of primary amides is 1. The smallest absolute Gasteiger partial charge is 0.328 e. The van der Waals surface area contributed by atoms with Crippen LogP contribution in [0.1, 0.15) is 38.3 Å². The lowest BCUT2D eigenvalue weighted by atomic mass is 10.1. The first-order valence-corrected chi connectivity index (χ1v) is 10.8. The Morgan fingerprint density at radius 1 is 1.29 bits per heavy atom. The zero-order chi connectivity index (χ0) is 25.4. The fourth-order valence-corrected chi connectivity index (χ4v) is 3.70. The minimum absolute atomic E-state index is 0.195. The third-order valence-corrected chi connectivity index (χ3v) is 5.51. The molecule has 1 saturated heterocycles. The number of likely N-dealkylation sites (tertiary alicyclic amines) is 1. The van der Waals surface area contributed by atoms with Crippen LogP contribution in [0.4, 0.5) is 0 Å². The molecule has 1 aromatic rings. The highest BCUT2D eigenvalue weighted by molar-refractivity contribution is 5.94. The van der Waals surface area contributed by atoms with Crippen LogP contribution in [0.3, 0.4) is 0 Å². The molecule has 2 heterocycles. The first kappa shape index (κ1) is 26.7. The Hall–Kier alpha value is -3.52. The summed E-state index contributed by atoms with van der Waals surface area (Å²) >= 11 is 0. The number of aliphatic carboxylic acids is 1. The van der Waals surface area contributed by atoms with E-state index in [-0.39, 0.29) is 19.3 Å². The van der Waals surface area contributed by atoms with Crippen molar-refractivity contribution in [1.29, 1.82) is 0 Å². The number of amides is 4. The van der Waals surface area contributed by atoms with E-state index in [0.29, 0.717) is 25.1 Å². The van der Waals surface area contributed by atoms with Gasteiger partial charge in [0.25, 0.3) is 0 Å². The van der Waals surface area contributed by atoms with Gasteiger partial charge < -0.3 is 42.2 Å². The van der Waals surface area contributed by atoms with Crippen LogP contribution in [-0.4, -0.2) is 91.5 Å². The number of nitrogens with two attached hydrogens (primary N) is 2. The van der Waals surface area contributed by atoms with Crippen molar-refractivity contribution < 1.29 is 34.2 Å². The van der Waals surface area contributed by atoms with Crippen molar-refractivity contribution in [3.05, 3.63) is 18.2 Å². The molecule has 1 fully saturated rings. The molecule has 14 heteroatoms. The lowest BCUT2D eigenvalue weighted by Gasteiger charge is -2.28. The number of carboxylic acids is 1. The van der Waals surface area contributed by atoms with Gasteiger partial charge in [0.05, 0.1) is 18.5 Å². The first-order valence-electron chi connectivity index (χ1n) is 10.8. The molecule has 5 atom stereocenters. The first-order chi connectivity index (χ1) is 16.0. The number of imidazole rings is 1. The average Bonchev–Trinajstić information content (AvgIpc) is 3.45. The summed E-state index contributed by atoms with van der Waals surface area (Å²) in [5, 5.41) is 23.4. The Labute approximate surface area is 195 Å². The molecule has 0 aliphatic carbocycles. The van der Waals surface area contributed by atoms with Crippen LogP contribution in [0.25, 0.3) is 0 Å². The molecule has 34 heavy (non-hydrogen) atoms. The Balaban J connectivity index is 2.09. The molecule has 9 N–H and O–H groups in total. The van der Waals surface area contributed by atoms with Gasteiger partial charge in [-0.15, -0.1) is 0 Å². The molecule has 0 spiro atoms. The second-order valence-corrected chi connectivity index (χ2v) is 8.21. The maximum absolute atomic E-state index is 13.0. The van der Waals surface area contributed by atoms with Crippen molar-refractivity contribution in [2.75, 3.05) is 6.54 Å². The maximum Gasteiger partial charge on any atom is 0.328 e. The number of carbonyl (C=O) groups is 5. The van der Waals surface area contributed by atoms with Crippen molar-refractivity contribution >= 4 is 29.6 Å². The SMILES string of the molecule is CC(O)C(NC(=O)C(CCC(N)=O)NC(=O)C1CCCN1C(=O)C(N)Cc1cnc[nH]1)C(=O)O. The minimum Gasteiger partial charge on any atom is -0.480 e. The Morgan fingerprint density at radius 2 is 2.00 bits per heavy atom. The number of carboxylic acid groups (broad SMARTS) is 1. The van der Waals surface area contributed by atoms with Gasteiger partial charge >= 0.3 is 5.97 Å². The molecule has 14 nitrogen and oxygen atoms in total. The van der Waals surface area contributed by atoms with Crippen LogP contribution in [0.2, 0.25) is 0 Å². The van der Waals surface area contributed by atoms with Crippen LogP contribution in [0, 0.1) is 0 Å². The number of aliphatic hydroxyl groups is 1. The van der Waals surface area contributed by atoms with E-state index in [0.717, 1.165) is 0 Å². The fraction of sp³-hybridized carbons (Fsp3) is 0.600. The third kappa shape index (κ3) is 7.25.